The van der Waals surface area contributed by atoms with Crippen LogP contribution in [0.4, 0.5) is 0 Å². The Morgan fingerprint density at radius 2 is 1.67 bits per heavy atom. The Bertz CT molecular complexity index is 127. The van der Waals surface area contributed by atoms with E-state index in [4.69, 9.17) is 0 Å². The highest BCUT2D eigenvalue weighted by Gasteiger charge is 2.32. The predicted octanol–water partition coefficient (Wildman–Crippen LogP) is 2.90. The molecule has 50 valence electrons. The first-order valence-corrected chi connectivity index (χ1v) is 4.09. The summed E-state index contributed by atoms with van der Waals surface area (Å²) in [5.41, 5.74) is 0.720. The molecule has 0 aliphatic heterocycles. The molecule has 0 unspecified atom stereocenters. The topological polar surface area (TPSA) is 0 Å². The van der Waals surface area contributed by atoms with Gasteiger partial charge in [-0.15, -0.1) is 0 Å². The van der Waals surface area contributed by atoms with E-state index in [1.54, 1.807) is 0 Å². The summed E-state index contributed by atoms with van der Waals surface area (Å²) in [7, 11) is 0. The van der Waals surface area contributed by atoms with Gasteiger partial charge in [-0.2, -0.15) is 0 Å². The molecule has 1 saturated carbocycles. The van der Waals surface area contributed by atoms with E-state index in [1.165, 1.54) is 38.5 Å². The van der Waals surface area contributed by atoms with E-state index in [2.05, 4.69) is 12.2 Å². The van der Waals surface area contributed by atoms with Gasteiger partial charge in [0.05, 0.1) is 0 Å². The molecule has 0 radical (unpaired) electrons. The normalized spacial score (nSPS) is 30.2. The molecule has 2 aliphatic rings. The maximum atomic E-state index is 2.44. The Labute approximate surface area is 57.0 Å². The lowest BCUT2D eigenvalue weighted by atomic mass is 9.66. The third kappa shape index (κ3) is 0.810. The zero-order valence-corrected chi connectivity index (χ0v) is 5.90. The van der Waals surface area contributed by atoms with E-state index in [1.807, 2.05) is 0 Å². The zero-order valence-electron chi connectivity index (χ0n) is 5.90. The second-order valence-electron chi connectivity index (χ2n) is 3.53. The third-order valence-corrected chi connectivity index (χ3v) is 2.85. The number of hydrogen-bond donors (Lipinski definition) is 0. The molecular formula is C9H14. The van der Waals surface area contributed by atoms with Crippen molar-refractivity contribution < 1.29 is 0 Å². The summed E-state index contributed by atoms with van der Waals surface area (Å²) >= 11 is 0. The summed E-state index contributed by atoms with van der Waals surface area (Å²) in [4.78, 5) is 0. The number of allylic oxidation sites excluding steroid dienone is 2. The summed E-state index contributed by atoms with van der Waals surface area (Å²) in [6.45, 7) is 0. The van der Waals surface area contributed by atoms with Gasteiger partial charge in [-0.25, -0.2) is 0 Å². The molecule has 1 fully saturated rings. The Morgan fingerprint density at radius 3 is 2.00 bits per heavy atom. The van der Waals surface area contributed by atoms with Crippen molar-refractivity contribution in [2.24, 2.45) is 5.41 Å². The smallest absolute Gasteiger partial charge is 0.00838 e. The molecule has 0 atom stereocenters. The molecule has 0 heterocycles. The Balaban J connectivity index is 2.02. The quantitative estimate of drug-likeness (QED) is 0.433. The van der Waals surface area contributed by atoms with Crippen molar-refractivity contribution in [1.82, 2.24) is 0 Å². The van der Waals surface area contributed by atoms with Crippen molar-refractivity contribution >= 4 is 0 Å². The van der Waals surface area contributed by atoms with Crippen LogP contribution < -0.4 is 0 Å². The Morgan fingerprint density at radius 1 is 1.00 bits per heavy atom. The van der Waals surface area contributed by atoms with E-state index in [0.717, 1.165) is 5.41 Å². The molecule has 0 heteroatoms. The number of hydrogen-bond acceptors (Lipinski definition) is 0. The van der Waals surface area contributed by atoms with Gasteiger partial charge in [-0.3, -0.25) is 0 Å². The maximum Gasteiger partial charge on any atom is -0.00838 e. The highest BCUT2D eigenvalue weighted by atomic mass is 14.4. The monoisotopic (exact) mass is 122 g/mol. The first-order valence-electron chi connectivity index (χ1n) is 4.09. The minimum atomic E-state index is 0.720. The van der Waals surface area contributed by atoms with Gasteiger partial charge >= 0.3 is 0 Å². The van der Waals surface area contributed by atoms with Crippen molar-refractivity contribution in [2.45, 2.75) is 38.5 Å². The molecule has 9 heavy (non-hydrogen) atoms. The van der Waals surface area contributed by atoms with Crippen LogP contribution in [0.5, 0.6) is 0 Å². The fourth-order valence-corrected chi connectivity index (χ4v) is 2.08. The molecule has 2 rings (SSSR count). The van der Waals surface area contributed by atoms with Crippen LogP contribution in [-0.4, -0.2) is 0 Å². The molecule has 2 aliphatic carbocycles. The van der Waals surface area contributed by atoms with E-state index >= 15 is 0 Å². The van der Waals surface area contributed by atoms with Crippen LogP contribution >= 0.6 is 0 Å². The van der Waals surface area contributed by atoms with Gasteiger partial charge < -0.3 is 0 Å². The molecule has 0 aromatic heterocycles. The average molecular weight is 122 g/mol. The van der Waals surface area contributed by atoms with Gasteiger partial charge in [0.1, 0.15) is 0 Å². The molecule has 0 aromatic rings. The Kier molecular flexibility index (Phi) is 1.14. The summed E-state index contributed by atoms with van der Waals surface area (Å²) in [5, 5.41) is 0. The minimum Gasteiger partial charge on any atom is -0.0871 e. The molecule has 0 aromatic carbocycles. The zero-order chi connectivity index (χ0) is 6.16. The van der Waals surface area contributed by atoms with Crippen LogP contribution in [0.2, 0.25) is 0 Å². The molecule has 1 spiro atoms. The lowest BCUT2D eigenvalue weighted by molar-refractivity contribution is 0.236. The molecule has 0 saturated heterocycles. The van der Waals surface area contributed by atoms with Gasteiger partial charge in [0.15, 0.2) is 0 Å². The van der Waals surface area contributed by atoms with Crippen molar-refractivity contribution in [1.29, 1.82) is 0 Å². The predicted molar refractivity (Wildman–Crippen MR) is 39.3 cm³/mol. The lowest BCUT2D eigenvalue weighted by Crippen LogP contribution is -2.25. The molecule has 0 bridgehead atoms. The SMILES string of the molecule is C1=CC2(C1)CCCCC2. The van der Waals surface area contributed by atoms with Crippen LogP contribution in [0, 0.1) is 5.41 Å². The van der Waals surface area contributed by atoms with Crippen LogP contribution in [0.25, 0.3) is 0 Å². The maximum absolute atomic E-state index is 2.44. The van der Waals surface area contributed by atoms with Crippen molar-refractivity contribution in [3.05, 3.63) is 12.2 Å². The molecular weight excluding hydrogens is 108 g/mol. The summed E-state index contributed by atoms with van der Waals surface area (Å²) < 4.78 is 0. The summed E-state index contributed by atoms with van der Waals surface area (Å²) in [6, 6.07) is 0. The first-order chi connectivity index (χ1) is 4.41. The summed E-state index contributed by atoms with van der Waals surface area (Å²) in [5.74, 6) is 0. The molecule has 0 N–H and O–H groups in total. The van der Waals surface area contributed by atoms with E-state index in [9.17, 15) is 0 Å². The third-order valence-electron chi connectivity index (χ3n) is 2.85. The standard InChI is InChI=1S/C9H14/c1-2-5-9(6-3-1)7-4-8-9/h4,7H,1-3,5-6,8H2. The first kappa shape index (κ1) is 5.52. The van der Waals surface area contributed by atoms with Crippen LogP contribution in [0.15, 0.2) is 12.2 Å². The van der Waals surface area contributed by atoms with Gasteiger partial charge in [-0.1, -0.05) is 31.4 Å². The molecule has 0 nitrogen and oxygen atoms in total. The van der Waals surface area contributed by atoms with Gasteiger partial charge in [0.2, 0.25) is 0 Å². The van der Waals surface area contributed by atoms with E-state index < -0.39 is 0 Å². The largest absolute Gasteiger partial charge is 0.0871 e. The molecule has 0 amide bonds. The van der Waals surface area contributed by atoms with Crippen molar-refractivity contribution in [3.8, 4) is 0 Å². The summed E-state index contributed by atoms with van der Waals surface area (Å²) in [6.07, 6.45) is 13.5. The van der Waals surface area contributed by atoms with E-state index in [0.29, 0.717) is 0 Å². The van der Waals surface area contributed by atoms with Crippen molar-refractivity contribution in [2.75, 3.05) is 0 Å². The highest BCUT2D eigenvalue weighted by molar-refractivity contribution is 5.13. The fourth-order valence-electron chi connectivity index (χ4n) is 2.08. The van der Waals surface area contributed by atoms with Crippen LogP contribution in [0.1, 0.15) is 38.5 Å². The van der Waals surface area contributed by atoms with E-state index in [-0.39, 0.29) is 0 Å². The minimum absolute atomic E-state index is 0.720. The van der Waals surface area contributed by atoms with Gasteiger partial charge in [0, 0.05) is 0 Å². The lowest BCUT2D eigenvalue weighted by Gasteiger charge is -2.39. The van der Waals surface area contributed by atoms with Crippen LogP contribution in [0.3, 0.4) is 0 Å². The Hall–Kier alpha value is -0.260. The van der Waals surface area contributed by atoms with Crippen LogP contribution in [-0.2, 0) is 0 Å². The van der Waals surface area contributed by atoms with Gasteiger partial charge in [0.25, 0.3) is 0 Å². The highest BCUT2D eigenvalue weighted by Crippen LogP contribution is 2.45. The number of rotatable bonds is 0. The fraction of sp³-hybridized carbons (Fsp3) is 0.778. The second-order valence-corrected chi connectivity index (χ2v) is 3.53. The second kappa shape index (κ2) is 1.86. The average Bonchev–Trinajstić information content (AvgIpc) is 1.87. The van der Waals surface area contributed by atoms with Crippen molar-refractivity contribution in [3.63, 3.8) is 0 Å². The van der Waals surface area contributed by atoms with Gasteiger partial charge in [-0.05, 0) is 24.7 Å².